The van der Waals surface area contributed by atoms with Gasteiger partial charge in [-0.1, -0.05) is 24.3 Å². The number of hydrogen-bond donors (Lipinski definition) is 2. The fraction of sp³-hybridized carbons (Fsp3) is 0.391. The van der Waals surface area contributed by atoms with Crippen LogP contribution >= 0.6 is 0 Å². The predicted octanol–water partition coefficient (Wildman–Crippen LogP) is 2.00. The first-order chi connectivity index (χ1) is 15.9. The lowest BCUT2D eigenvalue weighted by Crippen LogP contribution is -2.37. The maximum absolute atomic E-state index is 8.89. The van der Waals surface area contributed by atoms with E-state index in [1.807, 2.05) is 42.7 Å². The highest BCUT2D eigenvalue weighted by Gasteiger charge is 2.55. The lowest BCUT2D eigenvalue weighted by molar-refractivity contribution is -0.195. The van der Waals surface area contributed by atoms with Crippen LogP contribution in [0.1, 0.15) is 31.2 Å². The molecule has 0 saturated carbocycles. The Hall–Kier alpha value is -3.36. The number of benzene rings is 1. The monoisotopic (exact) mass is 447 g/mol. The molecule has 2 fully saturated rings. The van der Waals surface area contributed by atoms with Crippen molar-refractivity contribution >= 4 is 23.1 Å². The fourth-order valence-electron chi connectivity index (χ4n) is 4.28. The second-order valence-corrected chi connectivity index (χ2v) is 8.51. The summed E-state index contributed by atoms with van der Waals surface area (Å²) < 4.78 is 20.6. The average molecular weight is 447 g/mol. The summed E-state index contributed by atoms with van der Waals surface area (Å²) in [6.45, 7) is 5.04. The molecule has 33 heavy (non-hydrogen) atoms. The Morgan fingerprint density at radius 1 is 1.18 bits per heavy atom. The van der Waals surface area contributed by atoms with E-state index in [0.717, 1.165) is 5.56 Å². The van der Waals surface area contributed by atoms with Crippen LogP contribution in [0.25, 0.3) is 17.2 Å². The SMILES string of the molecule is CC1(C)O[C@@H]2[C@H](O1)[C@@H](CNC/C=C/c1ccc(C#N)cc1)O[C@H]2n1cnc2c(N)ncnc21. The molecule has 10 nitrogen and oxygen atoms in total. The molecule has 170 valence electrons. The molecule has 2 aromatic heterocycles. The molecule has 0 spiro atoms. The lowest BCUT2D eigenvalue weighted by atomic mass is 10.1. The molecule has 0 amide bonds. The summed E-state index contributed by atoms with van der Waals surface area (Å²) in [5, 5.41) is 12.3. The van der Waals surface area contributed by atoms with Crippen LogP contribution in [0, 0.1) is 11.3 Å². The average Bonchev–Trinajstić information content (AvgIpc) is 3.46. The Labute approximate surface area is 191 Å². The molecule has 10 heteroatoms. The van der Waals surface area contributed by atoms with Crippen molar-refractivity contribution in [2.24, 2.45) is 0 Å². The van der Waals surface area contributed by atoms with Gasteiger partial charge in [0.2, 0.25) is 0 Å². The highest BCUT2D eigenvalue weighted by molar-refractivity contribution is 5.81. The van der Waals surface area contributed by atoms with E-state index in [1.165, 1.54) is 6.33 Å². The molecule has 0 aliphatic carbocycles. The van der Waals surface area contributed by atoms with Gasteiger partial charge in [-0.3, -0.25) is 4.57 Å². The molecule has 2 aliphatic rings. The first-order valence-corrected chi connectivity index (χ1v) is 10.8. The van der Waals surface area contributed by atoms with Crippen LogP contribution in [0.3, 0.4) is 0 Å². The molecule has 3 N–H and O–H groups in total. The van der Waals surface area contributed by atoms with Crippen LogP contribution in [0.4, 0.5) is 5.82 Å². The zero-order chi connectivity index (χ0) is 23.0. The van der Waals surface area contributed by atoms with Crippen LogP contribution in [0.5, 0.6) is 0 Å². The molecule has 0 unspecified atom stereocenters. The fourth-order valence-corrected chi connectivity index (χ4v) is 4.28. The van der Waals surface area contributed by atoms with Gasteiger partial charge < -0.3 is 25.3 Å². The minimum Gasteiger partial charge on any atom is -0.382 e. The molecule has 3 aromatic rings. The summed E-state index contributed by atoms with van der Waals surface area (Å²) in [6, 6.07) is 9.56. The number of rotatable bonds is 6. The minimum atomic E-state index is -0.713. The number of nitriles is 1. The number of fused-ring (bicyclic) bond motifs is 2. The Balaban J connectivity index is 1.26. The van der Waals surface area contributed by atoms with E-state index in [-0.39, 0.29) is 18.3 Å². The Morgan fingerprint density at radius 2 is 1.97 bits per heavy atom. The van der Waals surface area contributed by atoms with Crippen LogP contribution in [-0.2, 0) is 14.2 Å². The number of nitrogens with one attached hydrogen (secondary N) is 1. The normalized spacial score (nSPS) is 26.1. The minimum absolute atomic E-state index is 0.221. The molecule has 2 saturated heterocycles. The second-order valence-electron chi connectivity index (χ2n) is 8.51. The van der Waals surface area contributed by atoms with Gasteiger partial charge in [0.1, 0.15) is 30.2 Å². The summed E-state index contributed by atoms with van der Waals surface area (Å²) in [4.78, 5) is 12.7. The van der Waals surface area contributed by atoms with Gasteiger partial charge in [-0.05, 0) is 31.5 Å². The molecular weight excluding hydrogens is 422 g/mol. The highest BCUT2D eigenvalue weighted by atomic mass is 16.8. The molecule has 5 rings (SSSR count). The van der Waals surface area contributed by atoms with Crippen LogP contribution in [-0.4, -0.2) is 56.7 Å². The number of imidazole rings is 1. The van der Waals surface area contributed by atoms with Crippen LogP contribution < -0.4 is 11.1 Å². The smallest absolute Gasteiger partial charge is 0.167 e. The van der Waals surface area contributed by atoms with Crippen molar-refractivity contribution in [1.82, 2.24) is 24.8 Å². The summed E-state index contributed by atoms with van der Waals surface area (Å²) in [5.74, 6) is -0.389. The van der Waals surface area contributed by atoms with E-state index in [1.54, 1.807) is 18.5 Å². The number of hydrogen-bond acceptors (Lipinski definition) is 9. The Bertz CT molecular complexity index is 1220. The quantitative estimate of drug-likeness (QED) is 0.544. The molecule has 4 heterocycles. The Morgan fingerprint density at radius 3 is 2.76 bits per heavy atom. The topological polar surface area (TPSA) is 133 Å². The Kier molecular flexibility index (Phi) is 5.55. The third-order valence-corrected chi connectivity index (χ3v) is 5.74. The number of nitrogens with two attached hydrogens (primary N) is 1. The first-order valence-electron chi connectivity index (χ1n) is 10.8. The molecule has 0 radical (unpaired) electrons. The van der Waals surface area contributed by atoms with Crippen molar-refractivity contribution in [3.8, 4) is 6.07 Å². The maximum atomic E-state index is 8.89. The van der Waals surface area contributed by atoms with E-state index in [9.17, 15) is 0 Å². The third-order valence-electron chi connectivity index (χ3n) is 5.74. The van der Waals surface area contributed by atoms with Crippen molar-refractivity contribution in [2.45, 2.75) is 44.2 Å². The number of anilines is 1. The van der Waals surface area contributed by atoms with Gasteiger partial charge in [0.25, 0.3) is 0 Å². The van der Waals surface area contributed by atoms with Gasteiger partial charge in [0.15, 0.2) is 23.5 Å². The number of nitrogen functional groups attached to an aromatic ring is 1. The summed E-state index contributed by atoms with van der Waals surface area (Å²) in [7, 11) is 0. The van der Waals surface area contributed by atoms with Gasteiger partial charge in [-0.15, -0.1) is 0 Å². The first kappa shape index (κ1) is 21.5. The van der Waals surface area contributed by atoms with Crippen LogP contribution in [0.2, 0.25) is 0 Å². The molecule has 1 aromatic carbocycles. The van der Waals surface area contributed by atoms with Gasteiger partial charge in [0.05, 0.1) is 18.0 Å². The molecule has 0 bridgehead atoms. The summed E-state index contributed by atoms with van der Waals surface area (Å²) in [5.41, 5.74) is 8.76. The molecule has 2 aliphatic heterocycles. The summed E-state index contributed by atoms with van der Waals surface area (Å²) in [6.07, 6.45) is 5.89. The summed E-state index contributed by atoms with van der Waals surface area (Å²) >= 11 is 0. The van der Waals surface area contributed by atoms with Gasteiger partial charge >= 0.3 is 0 Å². The standard InChI is InChI=1S/C23H25N7O3/c1-23(2)32-18-16(11-26-9-3-4-14-5-7-15(10-24)8-6-14)31-22(19(18)33-23)30-13-29-17-20(25)27-12-28-21(17)30/h3-8,12-13,16,18-19,22,26H,9,11H2,1-2H3,(H2,25,27,28)/b4-3+/t16-,18-,19-,22-/m1/s1. The largest absolute Gasteiger partial charge is 0.382 e. The van der Waals surface area contributed by atoms with E-state index in [4.69, 9.17) is 25.2 Å². The number of nitrogens with zero attached hydrogens (tertiary/aromatic N) is 5. The van der Waals surface area contributed by atoms with Crippen molar-refractivity contribution < 1.29 is 14.2 Å². The lowest BCUT2D eigenvalue weighted by Gasteiger charge is -2.24. The van der Waals surface area contributed by atoms with Crippen LogP contribution in [0.15, 0.2) is 43.0 Å². The zero-order valence-corrected chi connectivity index (χ0v) is 18.4. The van der Waals surface area contributed by atoms with Gasteiger partial charge in [-0.2, -0.15) is 5.26 Å². The van der Waals surface area contributed by atoms with Crippen molar-refractivity contribution in [2.75, 3.05) is 18.8 Å². The van der Waals surface area contributed by atoms with Gasteiger partial charge in [0, 0.05) is 13.1 Å². The number of ether oxygens (including phenoxy) is 3. The van der Waals surface area contributed by atoms with Crippen molar-refractivity contribution in [3.63, 3.8) is 0 Å². The molecular formula is C23H25N7O3. The maximum Gasteiger partial charge on any atom is 0.167 e. The zero-order valence-electron chi connectivity index (χ0n) is 18.4. The third kappa shape index (κ3) is 4.19. The van der Waals surface area contributed by atoms with Gasteiger partial charge in [-0.25, -0.2) is 15.0 Å². The van der Waals surface area contributed by atoms with Crippen molar-refractivity contribution in [1.29, 1.82) is 5.26 Å². The predicted molar refractivity (Wildman–Crippen MR) is 121 cm³/mol. The van der Waals surface area contributed by atoms with E-state index in [2.05, 4.69) is 26.3 Å². The van der Waals surface area contributed by atoms with E-state index < -0.39 is 12.0 Å². The second kappa shape index (κ2) is 8.53. The van der Waals surface area contributed by atoms with E-state index in [0.29, 0.717) is 35.6 Å². The molecule has 4 atom stereocenters. The highest BCUT2D eigenvalue weighted by Crippen LogP contribution is 2.43. The van der Waals surface area contributed by atoms with E-state index >= 15 is 0 Å². The number of aromatic nitrogens is 4. The van der Waals surface area contributed by atoms with Crippen molar-refractivity contribution in [3.05, 3.63) is 54.1 Å².